The van der Waals surface area contributed by atoms with E-state index in [4.69, 9.17) is 5.73 Å². The standard InChI is InChI=1S/C9H12.C7H13F3N2O2S.Ru/c1-7-4-5-8(2)9(3)6-7;8-7(9,10)15(13,14)12-6-4-2-1-3-5(6)11;/h4-6H,1-3H3;5-6,12H,1-4,11H2;/t;5-,6-;/m.0./s1. The van der Waals surface area contributed by atoms with Crippen LogP contribution in [0, 0.1) is 20.8 Å². The van der Waals surface area contributed by atoms with E-state index in [0.29, 0.717) is 19.3 Å². The molecule has 2 atom stereocenters. The van der Waals surface area contributed by atoms with Gasteiger partial charge in [-0.15, -0.1) is 0 Å². The maximum Gasteiger partial charge on any atom is 0.511 e. The van der Waals surface area contributed by atoms with Gasteiger partial charge in [-0.2, -0.15) is 13.2 Å². The molecule has 0 amide bonds. The van der Waals surface area contributed by atoms with Gasteiger partial charge in [0, 0.05) is 31.6 Å². The first-order chi connectivity index (χ1) is 10.9. The van der Waals surface area contributed by atoms with Crippen LogP contribution in [0.25, 0.3) is 0 Å². The summed E-state index contributed by atoms with van der Waals surface area (Å²) in [6.07, 6.45) is 2.42. The number of rotatable bonds is 2. The average Bonchev–Trinajstić information content (AvgIpc) is 2.45. The van der Waals surface area contributed by atoms with E-state index in [-0.39, 0.29) is 19.5 Å². The second-order valence-electron chi connectivity index (χ2n) is 6.21. The molecule has 0 aliphatic heterocycles. The molecule has 0 unspecified atom stereocenters. The molecule has 0 heterocycles. The van der Waals surface area contributed by atoms with Crippen LogP contribution in [0.5, 0.6) is 0 Å². The molecule has 1 aromatic rings. The van der Waals surface area contributed by atoms with Crippen molar-refractivity contribution in [3.63, 3.8) is 0 Å². The van der Waals surface area contributed by atoms with Crippen molar-refractivity contribution in [2.24, 2.45) is 5.73 Å². The molecule has 1 aromatic carbocycles. The summed E-state index contributed by atoms with van der Waals surface area (Å²) in [6, 6.07) is 5.17. The molecule has 1 aliphatic rings. The van der Waals surface area contributed by atoms with Gasteiger partial charge in [0.15, 0.2) is 0 Å². The number of hydrogen-bond donors (Lipinski definition) is 2. The minimum Gasteiger partial charge on any atom is -0.326 e. The average molecular weight is 468 g/mol. The molecule has 9 heteroatoms. The number of aryl methyl sites for hydroxylation is 3. The number of benzene rings is 1. The van der Waals surface area contributed by atoms with Gasteiger partial charge in [-0.3, -0.25) is 0 Å². The third-order valence-electron chi connectivity index (χ3n) is 4.09. The molecular weight excluding hydrogens is 442 g/mol. The van der Waals surface area contributed by atoms with Crippen molar-refractivity contribution in [2.75, 3.05) is 0 Å². The first-order valence-corrected chi connectivity index (χ1v) is 9.30. The van der Waals surface area contributed by atoms with Gasteiger partial charge in [0.1, 0.15) is 0 Å². The van der Waals surface area contributed by atoms with Crippen molar-refractivity contribution >= 4 is 10.0 Å². The maximum atomic E-state index is 12.0. The monoisotopic (exact) mass is 468 g/mol. The second-order valence-corrected chi connectivity index (χ2v) is 7.92. The van der Waals surface area contributed by atoms with Gasteiger partial charge >= 0.3 is 15.5 Å². The van der Waals surface area contributed by atoms with Crippen LogP contribution in [0.1, 0.15) is 42.4 Å². The van der Waals surface area contributed by atoms with Crippen molar-refractivity contribution in [3.05, 3.63) is 34.9 Å². The second kappa shape index (κ2) is 10.00. The number of hydrogen-bond acceptors (Lipinski definition) is 3. The minimum atomic E-state index is -5.26. The zero-order valence-electron chi connectivity index (χ0n) is 14.5. The Kier molecular flexibility index (Phi) is 9.80. The van der Waals surface area contributed by atoms with E-state index < -0.39 is 27.6 Å². The normalized spacial score (nSPS) is 20.9. The molecule has 1 saturated carbocycles. The van der Waals surface area contributed by atoms with Crippen molar-refractivity contribution in [2.45, 2.75) is 64.0 Å². The Morgan fingerprint density at radius 2 is 1.64 bits per heavy atom. The molecule has 0 spiro atoms. The summed E-state index contributed by atoms with van der Waals surface area (Å²) in [5.41, 5.74) is 4.38. The van der Waals surface area contributed by atoms with Crippen molar-refractivity contribution in [1.29, 1.82) is 0 Å². The predicted octanol–water partition coefficient (Wildman–Crippen LogP) is 3.30. The molecule has 146 valence electrons. The summed E-state index contributed by atoms with van der Waals surface area (Å²) in [6.45, 7) is 6.39. The van der Waals surface area contributed by atoms with Crippen molar-refractivity contribution < 1.29 is 41.1 Å². The number of nitrogens with one attached hydrogen (secondary N) is 1. The van der Waals surface area contributed by atoms with Crippen molar-refractivity contribution in [1.82, 2.24) is 4.72 Å². The molecule has 0 saturated heterocycles. The molecule has 25 heavy (non-hydrogen) atoms. The van der Waals surface area contributed by atoms with Gasteiger partial charge in [-0.1, -0.05) is 36.6 Å². The van der Waals surface area contributed by atoms with Crippen LogP contribution in [-0.4, -0.2) is 26.0 Å². The summed E-state index contributed by atoms with van der Waals surface area (Å²) in [5.74, 6) is 0. The van der Waals surface area contributed by atoms with Gasteiger partial charge in [0.2, 0.25) is 0 Å². The van der Waals surface area contributed by atoms with Crippen LogP contribution >= 0.6 is 0 Å². The first kappa shape index (κ1) is 24.5. The smallest absolute Gasteiger partial charge is 0.326 e. The van der Waals surface area contributed by atoms with Crippen LogP contribution < -0.4 is 10.5 Å². The Balaban J connectivity index is 0.000000495. The van der Waals surface area contributed by atoms with E-state index in [1.807, 2.05) is 0 Å². The summed E-state index contributed by atoms with van der Waals surface area (Å²) in [5, 5.41) is 0. The van der Waals surface area contributed by atoms with E-state index in [0.717, 1.165) is 6.42 Å². The Labute approximate surface area is 160 Å². The zero-order chi connectivity index (χ0) is 18.5. The van der Waals surface area contributed by atoms with E-state index in [1.54, 1.807) is 4.72 Å². The zero-order valence-corrected chi connectivity index (χ0v) is 17.1. The van der Waals surface area contributed by atoms with E-state index in [2.05, 4.69) is 39.0 Å². The minimum absolute atomic E-state index is 0. The van der Waals surface area contributed by atoms with Gasteiger partial charge in [-0.05, 0) is 44.7 Å². The van der Waals surface area contributed by atoms with Gasteiger partial charge in [0.05, 0.1) is 0 Å². The maximum absolute atomic E-state index is 12.0. The Morgan fingerprint density at radius 1 is 1.08 bits per heavy atom. The molecule has 0 bridgehead atoms. The summed E-state index contributed by atoms with van der Waals surface area (Å²) in [7, 11) is -5.26. The molecule has 2 rings (SSSR count). The number of sulfonamides is 1. The van der Waals surface area contributed by atoms with Gasteiger partial charge in [0.25, 0.3) is 0 Å². The van der Waals surface area contributed by atoms with E-state index in [1.165, 1.54) is 16.7 Å². The third kappa shape index (κ3) is 7.73. The number of nitrogens with two attached hydrogens (primary N) is 1. The van der Waals surface area contributed by atoms with Crippen LogP contribution in [0.3, 0.4) is 0 Å². The largest absolute Gasteiger partial charge is 0.511 e. The third-order valence-corrected chi connectivity index (χ3v) is 5.32. The topological polar surface area (TPSA) is 72.2 Å². The molecule has 1 aliphatic carbocycles. The van der Waals surface area contributed by atoms with Gasteiger partial charge < -0.3 is 5.73 Å². The van der Waals surface area contributed by atoms with E-state index in [9.17, 15) is 21.6 Å². The SMILES string of the molecule is Cc1ccc(C)c(C)c1.N[C@H]1CCCC[C@@H]1NS(=O)(=O)C(F)(F)F.[Ru]. The molecule has 3 N–H and O–H groups in total. The Morgan fingerprint density at radius 3 is 2.08 bits per heavy atom. The van der Waals surface area contributed by atoms with Crippen LogP contribution in [-0.2, 0) is 29.5 Å². The first-order valence-electron chi connectivity index (χ1n) is 7.82. The number of alkyl halides is 3. The molecule has 0 aromatic heterocycles. The Hall–Kier alpha value is -0.497. The fraction of sp³-hybridized carbons (Fsp3) is 0.625. The molecule has 1 fully saturated rings. The summed E-state index contributed by atoms with van der Waals surface area (Å²) in [4.78, 5) is 0. The Bertz CT molecular complexity index is 651. The van der Waals surface area contributed by atoms with E-state index >= 15 is 0 Å². The van der Waals surface area contributed by atoms with Crippen molar-refractivity contribution in [3.8, 4) is 0 Å². The molecule has 4 nitrogen and oxygen atoms in total. The van der Waals surface area contributed by atoms with Crippen LogP contribution in [0.15, 0.2) is 18.2 Å². The van der Waals surface area contributed by atoms with Gasteiger partial charge in [-0.25, -0.2) is 13.1 Å². The molecular formula is C16H25F3N2O2RuS. The van der Waals surface area contributed by atoms with Crippen LogP contribution in [0.4, 0.5) is 13.2 Å². The predicted molar refractivity (Wildman–Crippen MR) is 89.0 cm³/mol. The fourth-order valence-electron chi connectivity index (χ4n) is 2.46. The van der Waals surface area contributed by atoms with Crippen LogP contribution in [0.2, 0.25) is 0 Å². The summed E-state index contributed by atoms with van der Waals surface area (Å²) >= 11 is 0. The number of halogens is 3. The molecule has 0 radical (unpaired) electrons. The summed E-state index contributed by atoms with van der Waals surface area (Å²) < 4.78 is 59.2. The quantitative estimate of drug-likeness (QED) is 0.656. The fourth-order valence-corrected chi connectivity index (χ4v) is 3.29.